The highest BCUT2D eigenvalue weighted by molar-refractivity contribution is 5.94. The van der Waals surface area contributed by atoms with Crippen LogP contribution >= 0.6 is 0 Å². The molecule has 3 nitrogen and oxygen atoms in total. The third kappa shape index (κ3) is 2.64. The normalized spacial score (nSPS) is 16.0. The van der Waals surface area contributed by atoms with Crippen molar-refractivity contribution in [2.75, 3.05) is 26.3 Å². The molecular weight excluding hydrogens is 221 g/mol. The van der Waals surface area contributed by atoms with Gasteiger partial charge in [-0.2, -0.15) is 0 Å². The van der Waals surface area contributed by atoms with Gasteiger partial charge in [-0.05, 0) is 24.1 Å². The van der Waals surface area contributed by atoms with Crippen molar-refractivity contribution in [1.82, 2.24) is 4.90 Å². The summed E-state index contributed by atoms with van der Waals surface area (Å²) >= 11 is 0. The molecule has 1 amide bonds. The molecule has 0 N–H and O–H groups in total. The van der Waals surface area contributed by atoms with E-state index in [2.05, 4.69) is 0 Å². The first kappa shape index (κ1) is 12.0. The molecule has 1 aliphatic rings. The van der Waals surface area contributed by atoms with Crippen LogP contribution in [0.5, 0.6) is 0 Å². The number of ether oxygens (including phenoxy) is 1. The molecule has 0 radical (unpaired) electrons. The van der Waals surface area contributed by atoms with Crippen molar-refractivity contribution in [2.24, 2.45) is 0 Å². The Labute approximate surface area is 100 Å². The number of nitrogens with zero attached hydrogens (tertiary/aromatic N) is 1. The summed E-state index contributed by atoms with van der Waals surface area (Å²) in [5.41, 5.74) is 1.06. The molecule has 1 fully saturated rings. The van der Waals surface area contributed by atoms with Crippen molar-refractivity contribution < 1.29 is 13.9 Å². The molecule has 1 aromatic rings. The van der Waals surface area contributed by atoms with E-state index in [-0.39, 0.29) is 11.5 Å². The monoisotopic (exact) mass is 237 g/mol. The topological polar surface area (TPSA) is 29.5 Å². The number of hydrogen-bond donors (Lipinski definition) is 0. The second-order valence-electron chi connectivity index (χ2n) is 4.07. The van der Waals surface area contributed by atoms with Gasteiger partial charge in [0, 0.05) is 13.1 Å². The zero-order valence-corrected chi connectivity index (χ0v) is 9.91. The fourth-order valence-electron chi connectivity index (χ4n) is 1.89. The molecule has 0 aromatic heterocycles. The van der Waals surface area contributed by atoms with Gasteiger partial charge in [0.2, 0.25) is 0 Å². The fraction of sp³-hybridized carbons (Fsp3) is 0.462. The number of rotatable bonds is 2. The fourth-order valence-corrected chi connectivity index (χ4v) is 1.89. The quantitative estimate of drug-likeness (QED) is 0.785. The van der Waals surface area contributed by atoms with Gasteiger partial charge in [-0.3, -0.25) is 4.79 Å². The number of morpholine rings is 1. The molecule has 1 heterocycles. The minimum Gasteiger partial charge on any atom is -0.378 e. The summed E-state index contributed by atoms with van der Waals surface area (Å²) < 4.78 is 18.9. The van der Waals surface area contributed by atoms with Crippen molar-refractivity contribution in [3.05, 3.63) is 35.1 Å². The minimum atomic E-state index is -0.430. The van der Waals surface area contributed by atoms with Crippen LogP contribution in [0.4, 0.5) is 4.39 Å². The Morgan fingerprint density at radius 3 is 2.71 bits per heavy atom. The molecular formula is C13H16FNO2. The van der Waals surface area contributed by atoms with Gasteiger partial charge < -0.3 is 9.64 Å². The van der Waals surface area contributed by atoms with Gasteiger partial charge in [-0.15, -0.1) is 0 Å². The average Bonchev–Trinajstić information content (AvgIpc) is 2.39. The third-order valence-corrected chi connectivity index (χ3v) is 2.97. The molecule has 1 saturated heterocycles. The maximum atomic E-state index is 13.8. The number of hydrogen-bond acceptors (Lipinski definition) is 2. The Hall–Kier alpha value is -1.42. The van der Waals surface area contributed by atoms with Crippen molar-refractivity contribution in [1.29, 1.82) is 0 Å². The number of aryl methyl sites for hydroxylation is 1. The smallest absolute Gasteiger partial charge is 0.256 e. The summed E-state index contributed by atoms with van der Waals surface area (Å²) in [5, 5.41) is 0. The van der Waals surface area contributed by atoms with Gasteiger partial charge in [0.15, 0.2) is 0 Å². The lowest BCUT2D eigenvalue weighted by molar-refractivity contribution is 0.0300. The Morgan fingerprint density at radius 1 is 1.41 bits per heavy atom. The predicted molar refractivity (Wildman–Crippen MR) is 62.5 cm³/mol. The number of carbonyl (C=O) groups excluding carboxylic acids is 1. The van der Waals surface area contributed by atoms with Gasteiger partial charge in [0.1, 0.15) is 5.82 Å². The highest BCUT2D eigenvalue weighted by atomic mass is 19.1. The summed E-state index contributed by atoms with van der Waals surface area (Å²) in [6.07, 6.45) is 0.767. The van der Waals surface area contributed by atoms with E-state index in [1.54, 1.807) is 17.0 Å². The van der Waals surface area contributed by atoms with Gasteiger partial charge >= 0.3 is 0 Å². The van der Waals surface area contributed by atoms with Crippen LogP contribution in [0.25, 0.3) is 0 Å². The van der Waals surface area contributed by atoms with Crippen molar-refractivity contribution >= 4 is 5.91 Å². The molecule has 4 heteroatoms. The van der Waals surface area contributed by atoms with E-state index >= 15 is 0 Å². The largest absolute Gasteiger partial charge is 0.378 e. The molecule has 1 aliphatic heterocycles. The Balaban J connectivity index is 2.18. The van der Waals surface area contributed by atoms with E-state index in [4.69, 9.17) is 4.74 Å². The van der Waals surface area contributed by atoms with Crippen molar-refractivity contribution in [3.8, 4) is 0 Å². The van der Waals surface area contributed by atoms with E-state index in [1.165, 1.54) is 6.07 Å². The molecule has 0 spiro atoms. The molecule has 2 rings (SSSR count). The van der Waals surface area contributed by atoms with Crippen LogP contribution in [0.1, 0.15) is 22.8 Å². The summed E-state index contributed by atoms with van der Waals surface area (Å²) in [5.74, 6) is -0.672. The van der Waals surface area contributed by atoms with Gasteiger partial charge in [0.25, 0.3) is 5.91 Å². The van der Waals surface area contributed by atoms with Gasteiger partial charge in [0.05, 0.1) is 18.8 Å². The summed E-state index contributed by atoms with van der Waals surface area (Å²) in [4.78, 5) is 13.7. The molecule has 17 heavy (non-hydrogen) atoms. The molecule has 0 atom stereocenters. The number of amides is 1. The van der Waals surface area contributed by atoms with Crippen LogP contribution < -0.4 is 0 Å². The SMILES string of the molecule is CCc1ccc(C(=O)N2CCOCC2)c(F)c1. The van der Waals surface area contributed by atoms with Gasteiger partial charge in [-0.25, -0.2) is 4.39 Å². The van der Waals surface area contributed by atoms with Crippen LogP contribution in [-0.4, -0.2) is 37.1 Å². The number of carbonyl (C=O) groups is 1. The Bertz CT molecular complexity index is 414. The molecule has 1 aromatic carbocycles. The lowest BCUT2D eigenvalue weighted by Gasteiger charge is -2.27. The van der Waals surface area contributed by atoms with Crippen LogP contribution in [0.15, 0.2) is 18.2 Å². The maximum absolute atomic E-state index is 13.8. The molecule has 0 aliphatic carbocycles. The molecule has 0 unspecified atom stereocenters. The van der Waals surface area contributed by atoms with E-state index in [0.29, 0.717) is 26.3 Å². The Morgan fingerprint density at radius 2 is 2.12 bits per heavy atom. The predicted octanol–water partition coefficient (Wildman–Crippen LogP) is 1.86. The standard InChI is InChI=1S/C13H16FNO2/c1-2-10-3-4-11(12(14)9-10)13(16)15-5-7-17-8-6-15/h3-4,9H,2,5-8H2,1H3. The second-order valence-corrected chi connectivity index (χ2v) is 4.07. The first-order chi connectivity index (χ1) is 8.22. The first-order valence-corrected chi connectivity index (χ1v) is 5.88. The Kier molecular flexibility index (Phi) is 3.74. The lowest BCUT2D eigenvalue weighted by atomic mass is 10.1. The van der Waals surface area contributed by atoms with Crippen LogP contribution in [0.3, 0.4) is 0 Å². The molecule has 0 bridgehead atoms. The van der Waals surface area contributed by atoms with Crippen LogP contribution in [-0.2, 0) is 11.2 Å². The minimum absolute atomic E-state index is 0.157. The van der Waals surface area contributed by atoms with Crippen LogP contribution in [0, 0.1) is 5.82 Å². The average molecular weight is 237 g/mol. The highest BCUT2D eigenvalue weighted by Gasteiger charge is 2.21. The third-order valence-electron chi connectivity index (χ3n) is 2.97. The number of halogens is 1. The number of benzene rings is 1. The molecule has 92 valence electrons. The first-order valence-electron chi connectivity index (χ1n) is 5.88. The lowest BCUT2D eigenvalue weighted by Crippen LogP contribution is -2.41. The zero-order valence-electron chi connectivity index (χ0n) is 9.91. The van der Waals surface area contributed by atoms with Crippen LogP contribution in [0.2, 0.25) is 0 Å². The van der Waals surface area contributed by atoms with Crippen molar-refractivity contribution in [2.45, 2.75) is 13.3 Å². The summed E-state index contributed by atoms with van der Waals surface area (Å²) in [6.45, 7) is 4.08. The van der Waals surface area contributed by atoms with E-state index in [9.17, 15) is 9.18 Å². The van der Waals surface area contributed by atoms with E-state index in [0.717, 1.165) is 12.0 Å². The van der Waals surface area contributed by atoms with E-state index < -0.39 is 5.82 Å². The zero-order chi connectivity index (χ0) is 12.3. The van der Waals surface area contributed by atoms with Crippen molar-refractivity contribution in [3.63, 3.8) is 0 Å². The summed E-state index contributed by atoms with van der Waals surface area (Å²) in [7, 11) is 0. The highest BCUT2D eigenvalue weighted by Crippen LogP contribution is 2.14. The molecule has 0 saturated carbocycles. The van der Waals surface area contributed by atoms with Gasteiger partial charge in [-0.1, -0.05) is 13.0 Å². The van der Waals surface area contributed by atoms with E-state index in [1.807, 2.05) is 6.92 Å². The second kappa shape index (κ2) is 5.27. The maximum Gasteiger partial charge on any atom is 0.256 e. The summed E-state index contributed by atoms with van der Waals surface area (Å²) in [6, 6.07) is 4.82.